The van der Waals surface area contributed by atoms with Gasteiger partial charge in [0.05, 0.1) is 6.20 Å². The van der Waals surface area contributed by atoms with Crippen molar-refractivity contribution in [1.29, 1.82) is 0 Å². The van der Waals surface area contributed by atoms with Gasteiger partial charge in [0.15, 0.2) is 5.78 Å². The number of aromatic hydroxyl groups is 1. The van der Waals surface area contributed by atoms with E-state index in [1.165, 1.54) is 17.3 Å². The van der Waals surface area contributed by atoms with Crippen LogP contribution in [0.5, 0.6) is 5.75 Å². The van der Waals surface area contributed by atoms with Gasteiger partial charge in [-0.25, -0.2) is 4.39 Å². The summed E-state index contributed by atoms with van der Waals surface area (Å²) in [6, 6.07) is 15.5. The second-order valence-corrected chi connectivity index (χ2v) is 7.22. The van der Waals surface area contributed by atoms with Crippen molar-refractivity contribution in [2.45, 2.75) is 31.6 Å². The van der Waals surface area contributed by atoms with Gasteiger partial charge in [0, 0.05) is 23.6 Å². The number of benzene rings is 2. The van der Waals surface area contributed by atoms with Crippen LogP contribution in [-0.2, 0) is 11.8 Å². The first-order valence-electron chi connectivity index (χ1n) is 9.02. The summed E-state index contributed by atoms with van der Waals surface area (Å²) in [6.07, 6.45) is 4.92. The number of hydrogen-bond acceptors (Lipinski definition) is 3. The number of pyridine rings is 1. The van der Waals surface area contributed by atoms with E-state index in [4.69, 9.17) is 0 Å². The maximum atomic E-state index is 13.6. The predicted molar refractivity (Wildman–Crippen MR) is 102 cm³/mol. The van der Waals surface area contributed by atoms with Crippen molar-refractivity contribution in [3.05, 3.63) is 94.6 Å². The molecule has 1 saturated carbocycles. The third-order valence-corrected chi connectivity index (χ3v) is 5.50. The van der Waals surface area contributed by atoms with Gasteiger partial charge in [-0.15, -0.1) is 0 Å². The smallest absolute Gasteiger partial charge is 0.169 e. The predicted octanol–water partition coefficient (Wildman–Crippen LogP) is 4.74. The van der Waals surface area contributed by atoms with Gasteiger partial charge in [-0.3, -0.25) is 9.78 Å². The first-order chi connectivity index (χ1) is 13.0. The topological polar surface area (TPSA) is 50.2 Å². The Balaban J connectivity index is 1.53. The van der Waals surface area contributed by atoms with Gasteiger partial charge in [0.25, 0.3) is 0 Å². The molecule has 2 aromatic carbocycles. The molecular weight excluding hydrogens is 341 g/mol. The molecule has 0 amide bonds. The zero-order valence-corrected chi connectivity index (χ0v) is 15.1. The number of phenols is 1. The zero-order valence-electron chi connectivity index (χ0n) is 15.1. The Bertz CT molecular complexity index is 990. The fourth-order valence-electron chi connectivity index (χ4n) is 3.65. The van der Waals surface area contributed by atoms with E-state index in [0.29, 0.717) is 11.1 Å². The molecule has 3 aromatic rings. The lowest BCUT2D eigenvalue weighted by Gasteiger charge is -2.17. The van der Waals surface area contributed by atoms with Crippen LogP contribution >= 0.6 is 0 Å². The highest BCUT2D eigenvalue weighted by Gasteiger charge is 2.45. The number of ketones is 1. The molecule has 1 heterocycles. The van der Waals surface area contributed by atoms with E-state index in [9.17, 15) is 14.3 Å². The normalized spacial score (nSPS) is 14.7. The third kappa shape index (κ3) is 3.23. The highest BCUT2D eigenvalue weighted by Crippen LogP contribution is 2.53. The molecule has 1 aromatic heterocycles. The molecule has 0 spiro atoms. The molecule has 0 atom stereocenters. The summed E-state index contributed by atoms with van der Waals surface area (Å²) in [5.74, 6) is -0.321. The van der Waals surface area contributed by atoms with Crippen LogP contribution in [0.15, 0.2) is 60.9 Å². The monoisotopic (exact) mass is 361 g/mol. The Morgan fingerprint density at radius 2 is 1.63 bits per heavy atom. The second-order valence-electron chi connectivity index (χ2n) is 7.22. The second kappa shape index (κ2) is 6.62. The number of rotatable bonds is 5. The Morgan fingerprint density at radius 3 is 2.22 bits per heavy atom. The molecule has 27 heavy (non-hydrogen) atoms. The molecule has 4 heteroatoms. The van der Waals surface area contributed by atoms with Crippen molar-refractivity contribution in [2.75, 3.05) is 0 Å². The number of nitrogens with zero attached hydrogens (tertiary/aromatic N) is 1. The number of Topliss-reactive ketones (excluding diaryl/α,β-unsaturated/α-hetero) is 1. The third-order valence-electron chi connectivity index (χ3n) is 5.50. The van der Waals surface area contributed by atoms with Crippen molar-refractivity contribution in [3.8, 4) is 5.75 Å². The molecule has 3 nitrogen and oxygen atoms in total. The number of hydrogen-bond donors (Lipinski definition) is 1. The minimum absolute atomic E-state index is 0.0132. The molecule has 0 radical (unpaired) electrons. The first-order valence-corrected chi connectivity index (χ1v) is 9.02. The lowest BCUT2D eigenvalue weighted by molar-refractivity contribution is 0.0991. The average Bonchev–Trinajstić information content (AvgIpc) is 3.47. The van der Waals surface area contributed by atoms with Gasteiger partial charge in [0.2, 0.25) is 0 Å². The van der Waals surface area contributed by atoms with E-state index in [0.717, 1.165) is 24.6 Å². The molecular formula is C23H20FNO2. The molecule has 0 aliphatic heterocycles. The van der Waals surface area contributed by atoms with Crippen LogP contribution in [0.4, 0.5) is 4.39 Å². The summed E-state index contributed by atoms with van der Waals surface area (Å²) < 4.78 is 13.6. The van der Waals surface area contributed by atoms with Crippen molar-refractivity contribution < 1.29 is 14.3 Å². The maximum absolute atomic E-state index is 13.6. The van der Waals surface area contributed by atoms with Crippen molar-refractivity contribution in [3.63, 3.8) is 0 Å². The zero-order chi connectivity index (χ0) is 19.0. The summed E-state index contributed by atoms with van der Waals surface area (Å²) in [7, 11) is 0. The number of carbonyl (C=O) groups is 1. The Labute approximate surface area is 157 Å². The van der Waals surface area contributed by atoms with E-state index in [1.807, 2.05) is 24.3 Å². The largest absolute Gasteiger partial charge is 0.508 e. The fourth-order valence-corrected chi connectivity index (χ4v) is 3.65. The molecule has 4 rings (SSSR count). The van der Waals surface area contributed by atoms with Crippen LogP contribution < -0.4 is 0 Å². The highest BCUT2D eigenvalue weighted by atomic mass is 19.1. The van der Waals surface area contributed by atoms with Crippen LogP contribution in [0, 0.1) is 12.7 Å². The SMILES string of the molecule is Cc1c(F)cncc1C(=O)Cc1ccc(C2(c3ccc(O)cc3)CC2)cc1. The average molecular weight is 361 g/mol. The number of carbonyl (C=O) groups excluding carboxylic acids is 1. The molecule has 1 N–H and O–H groups in total. The minimum Gasteiger partial charge on any atom is -0.508 e. The van der Waals surface area contributed by atoms with Gasteiger partial charge in [-0.1, -0.05) is 36.4 Å². The Kier molecular flexibility index (Phi) is 4.27. The molecule has 1 aliphatic rings. The number of aromatic nitrogens is 1. The van der Waals surface area contributed by atoms with Crippen molar-refractivity contribution in [2.24, 2.45) is 0 Å². The first kappa shape index (κ1) is 17.4. The summed E-state index contributed by atoms with van der Waals surface area (Å²) in [5.41, 5.74) is 4.00. The molecule has 0 unspecified atom stereocenters. The van der Waals surface area contributed by atoms with E-state index >= 15 is 0 Å². The molecule has 1 fully saturated rings. The standard InChI is InChI=1S/C23H20FNO2/c1-15-20(13-25-14-21(15)24)22(27)12-16-2-4-17(5-3-16)23(10-11-23)18-6-8-19(26)9-7-18/h2-9,13-14,26H,10-12H2,1H3. The lowest BCUT2D eigenvalue weighted by Crippen LogP contribution is -2.10. The Morgan fingerprint density at radius 1 is 1.04 bits per heavy atom. The van der Waals surface area contributed by atoms with Crippen LogP contribution in [-0.4, -0.2) is 15.9 Å². The van der Waals surface area contributed by atoms with Gasteiger partial charge in [-0.05, 0) is 54.2 Å². The maximum Gasteiger partial charge on any atom is 0.169 e. The highest BCUT2D eigenvalue weighted by molar-refractivity contribution is 5.98. The summed E-state index contributed by atoms with van der Waals surface area (Å²) in [6.45, 7) is 1.60. The van der Waals surface area contributed by atoms with E-state index in [1.54, 1.807) is 19.1 Å². The van der Waals surface area contributed by atoms with E-state index in [-0.39, 0.29) is 23.4 Å². The Hall–Kier alpha value is -3.01. The van der Waals surface area contributed by atoms with Crippen molar-refractivity contribution in [1.82, 2.24) is 4.98 Å². The molecule has 0 saturated heterocycles. The molecule has 136 valence electrons. The van der Waals surface area contributed by atoms with E-state index in [2.05, 4.69) is 17.1 Å². The van der Waals surface area contributed by atoms with E-state index < -0.39 is 5.82 Å². The van der Waals surface area contributed by atoms with Gasteiger partial charge in [-0.2, -0.15) is 0 Å². The fraction of sp³-hybridized carbons (Fsp3) is 0.217. The quantitative estimate of drug-likeness (QED) is 0.668. The van der Waals surface area contributed by atoms with Crippen LogP contribution in [0.2, 0.25) is 0 Å². The lowest BCUT2D eigenvalue weighted by atomic mass is 9.87. The summed E-state index contributed by atoms with van der Waals surface area (Å²) >= 11 is 0. The van der Waals surface area contributed by atoms with Crippen molar-refractivity contribution >= 4 is 5.78 Å². The van der Waals surface area contributed by atoms with Crippen LogP contribution in [0.1, 0.15) is 45.5 Å². The van der Waals surface area contributed by atoms with Gasteiger partial charge < -0.3 is 5.11 Å². The van der Waals surface area contributed by atoms with Crippen LogP contribution in [0.25, 0.3) is 0 Å². The molecule has 1 aliphatic carbocycles. The number of phenolic OH excluding ortho intramolecular Hbond substituents is 1. The van der Waals surface area contributed by atoms with Gasteiger partial charge in [0.1, 0.15) is 11.6 Å². The van der Waals surface area contributed by atoms with Crippen LogP contribution in [0.3, 0.4) is 0 Å². The number of halogens is 1. The summed E-state index contributed by atoms with van der Waals surface area (Å²) in [4.78, 5) is 16.3. The van der Waals surface area contributed by atoms with Gasteiger partial charge >= 0.3 is 0 Å². The molecule has 0 bridgehead atoms. The minimum atomic E-state index is -0.458. The summed E-state index contributed by atoms with van der Waals surface area (Å²) in [5, 5.41) is 9.50.